The van der Waals surface area contributed by atoms with Gasteiger partial charge in [0, 0.05) is 12.8 Å². The standard InChI is InChI=1S/C41H71O8P/c1-3-5-7-9-11-13-15-17-19-20-22-24-26-28-30-32-34-36-41(43)49-39(38-48-50(44,45)46)37-47-40(42)35-33-31-29-27-25-23-21-18-16-14-12-10-8-6-4-2/h11,13,17-19,21-22,24-25,27,39H,3-10,12,14-16,20,23,26,28-38H2,1-2H3,(H2,44,45,46)/b13-11+,19-17+,21-18+,24-22+,27-25+/t39-/m1/s1. The number of carbonyl (C=O) groups is 2. The van der Waals surface area contributed by atoms with Gasteiger partial charge < -0.3 is 19.3 Å². The normalized spacial score (nSPS) is 13.1. The van der Waals surface area contributed by atoms with Crippen molar-refractivity contribution < 1.29 is 37.9 Å². The van der Waals surface area contributed by atoms with Crippen LogP contribution < -0.4 is 0 Å². The fourth-order valence-electron chi connectivity index (χ4n) is 5.06. The molecule has 0 aliphatic rings. The molecule has 0 aliphatic heterocycles. The van der Waals surface area contributed by atoms with Crippen LogP contribution in [0, 0.1) is 0 Å². The van der Waals surface area contributed by atoms with Crippen molar-refractivity contribution in [2.24, 2.45) is 0 Å². The van der Waals surface area contributed by atoms with Crippen LogP contribution in [0.5, 0.6) is 0 Å². The Balaban J connectivity index is 4.07. The average molecular weight is 723 g/mol. The summed E-state index contributed by atoms with van der Waals surface area (Å²) < 4.78 is 26.3. The Labute approximate surface area is 305 Å². The van der Waals surface area contributed by atoms with Gasteiger partial charge in [0.25, 0.3) is 0 Å². The second kappa shape index (κ2) is 36.5. The molecule has 0 aromatic carbocycles. The lowest BCUT2D eigenvalue weighted by Gasteiger charge is -2.18. The summed E-state index contributed by atoms with van der Waals surface area (Å²) in [5, 5.41) is 0. The molecule has 0 amide bonds. The zero-order valence-electron chi connectivity index (χ0n) is 31.5. The number of allylic oxidation sites excluding steroid dienone is 10. The van der Waals surface area contributed by atoms with Crippen molar-refractivity contribution in [2.45, 2.75) is 174 Å². The Bertz CT molecular complexity index is 995. The molecule has 0 saturated heterocycles. The van der Waals surface area contributed by atoms with Gasteiger partial charge in [0.15, 0.2) is 6.10 Å². The predicted molar refractivity (Wildman–Crippen MR) is 207 cm³/mol. The Morgan fingerprint density at radius 2 is 0.900 bits per heavy atom. The summed E-state index contributed by atoms with van der Waals surface area (Å²) in [6.45, 7) is 3.59. The van der Waals surface area contributed by atoms with E-state index in [1.54, 1.807) is 0 Å². The minimum atomic E-state index is -4.77. The van der Waals surface area contributed by atoms with Gasteiger partial charge in [-0.1, -0.05) is 132 Å². The maximum Gasteiger partial charge on any atom is 0.469 e. The van der Waals surface area contributed by atoms with Crippen molar-refractivity contribution in [3.05, 3.63) is 60.8 Å². The highest BCUT2D eigenvalue weighted by Gasteiger charge is 2.22. The molecule has 0 bridgehead atoms. The third-order valence-corrected chi connectivity index (χ3v) is 8.49. The Hall–Kier alpha value is -2.25. The van der Waals surface area contributed by atoms with E-state index in [2.05, 4.69) is 79.1 Å². The molecule has 8 nitrogen and oxygen atoms in total. The SMILES string of the molecule is CCCCC/C=C/C/C=C/C/C=C/CCCCCCC(=O)O[C@H](COC(=O)CCCC/C=C/C/C=C/CCCCCCCC)COP(=O)(O)O. The van der Waals surface area contributed by atoms with Crippen LogP contribution in [0.1, 0.15) is 168 Å². The van der Waals surface area contributed by atoms with E-state index in [0.717, 1.165) is 64.2 Å². The summed E-state index contributed by atoms with van der Waals surface area (Å²) in [6.07, 6.45) is 45.1. The van der Waals surface area contributed by atoms with Crippen LogP contribution in [-0.4, -0.2) is 41.0 Å². The maximum atomic E-state index is 12.4. The molecule has 0 aromatic heterocycles. The lowest BCUT2D eigenvalue weighted by atomic mass is 10.1. The number of unbranched alkanes of at least 4 members (excludes halogenated alkanes) is 15. The summed E-state index contributed by atoms with van der Waals surface area (Å²) in [6, 6.07) is 0. The van der Waals surface area contributed by atoms with Gasteiger partial charge in [0.05, 0.1) is 6.61 Å². The second-order valence-corrected chi connectivity index (χ2v) is 14.1. The largest absolute Gasteiger partial charge is 0.469 e. The van der Waals surface area contributed by atoms with E-state index < -0.39 is 32.5 Å². The molecule has 0 heterocycles. The smallest absolute Gasteiger partial charge is 0.462 e. The molecule has 0 aromatic rings. The zero-order valence-corrected chi connectivity index (χ0v) is 32.4. The first-order chi connectivity index (χ1) is 24.3. The van der Waals surface area contributed by atoms with Gasteiger partial charge in [-0.2, -0.15) is 0 Å². The van der Waals surface area contributed by atoms with Crippen molar-refractivity contribution >= 4 is 19.8 Å². The number of phosphoric ester groups is 1. The summed E-state index contributed by atoms with van der Waals surface area (Å²) >= 11 is 0. The summed E-state index contributed by atoms with van der Waals surface area (Å²) in [5.41, 5.74) is 0. The van der Waals surface area contributed by atoms with Crippen LogP contribution in [0.15, 0.2) is 60.8 Å². The van der Waals surface area contributed by atoms with Crippen LogP contribution in [-0.2, 0) is 28.2 Å². The highest BCUT2D eigenvalue weighted by atomic mass is 31.2. The van der Waals surface area contributed by atoms with Crippen LogP contribution in [0.3, 0.4) is 0 Å². The lowest BCUT2D eigenvalue weighted by molar-refractivity contribution is -0.161. The highest BCUT2D eigenvalue weighted by Crippen LogP contribution is 2.36. The van der Waals surface area contributed by atoms with E-state index in [0.29, 0.717) is 12.8 Å². The third-order valence-electron chi connectivity index (χ3n) is 8.01. The van der Waals surface area contributed by atoms with Gasteiger partial charge in [-0.25, -0.2) is 4.57 Å². The van der Waals surface area contributed by atoms with Gasteiger partial charge in [-0.15, -0.1) is 0 Å². The van der Waals surface area contributed by atoms with E-state index in [1.165, 1.54) is 64.2 Å². The molecule has 0 saturated carbocycles. The molecule has 0 aliphatic carbocycles. The molecule has 288 valence electrons. The van der Waals surface area contributed by atoms with E-state index >= 15 is 0 Å². The second-order valence-electron chi connectivity index (χ2n) is 12.9. The maximum absolute atomic E-state index is 12.4. The monoisotopic (exact) mass is 722 g/mol. The molecule has 0 radical (unpaired) electrons. The van der Waals surface area contributed by atoms with Crippen LogP contribution in [0.25, 0.3) is 0 Å². The molecule has 0 rings (SSSR count). The van der Waals surface area contributed by atoms with E-state index in [-0.39, 0.29) is 19.4 Å². The van der Waals surface area contributed by atoms with Crippen molar-refractivity contribution in [1.29, 1.82) is 0 Å². The fourth-order valence-corrected chi connectivity index (χ4v) is 5.42. The fraction of sp³-hybridized carbons (Fsp3) is 0.707. The molecule has 2 N–H and O–H groups in total. The molecule has 0 unspecified atom stereocenters. The summed E-state index contributed by atoms with van der Waals surface area (Å²) in [4.78, 5) is 42.7. The number of hydrogen-bond donors (Lipinski definition) is 2. The van der Waals surface area contributed by atoms with Crippen LogP contribution in [0.4, 0.5) is 0 Å². The molecule has 50 heavy (non-hydrogen) atoms. The number of ether oxygens (including phenoxy) is 2. The molecule has 9 heteroatoms. The van der Waals surface area contributed by atoms with Crippen molar-refractivity contribution in [1.82, 2.24) is 0 Å². The molecular weight excluding hydrogens is 651 g/mol. The number of hydrogen-bond acceptors (Lipinski definition) is 6. The topological polar surface area (TPSA) is 119 Å². The van der Waals surface area contributed by atoms with Gasteiger partial charge in [-0.05, 0) is 83.5 Å². The third kappa shape index (κ3) is 38.6. The molecule has 0 fully saturated rings. The van der Waals surface area contributed by atoms with Crippen LogP contribution in [0.2, 0.25) is 0 Å². The van der Waals surface area contributed by atoms with E-state index in [4.69, 9.17) is 19.3 Å². The minimum Gasteiger partial charge on any atom is -0.462 e. The molecule has 0 spiro atoms. The van der Waals surface area contributed by atoms with Gasteiger partial charge in [0.2, 0.25) is 0 Å². The van der Waals surface area contributed by atoms with Crippen LogP contribution >= 0.6 is 7.82 Å². The zero-order chi connectivity index (χ0) is 36.8. The number of phosphoric acid groups is 1. The Kier molecular flexibility index (Phi) is 34.9. The first-order valence-electron chi connectivity index (χ1n) is 19.6. The summed E-state index contributed by atoms with van der Waals surface area (Å²) in [7, 11) is -4.77. The predicted octanol–water partition coefficient (Wildman–Crippen LogP) is 11.7. The first kappa shape index (κ1) is 47.8. The van der Waals surface area contributed by atoms with Gasteiger partial charge >= 0.3 is 19.8 Å². The number of carbonyl (C=O) groups excluding carboxylic acids is 2. The van der Waals surface area contributed by atoms with E-state index in [1.807, 2.05) is 0 Å². The minimum absolute atomic E-state index is 0.177. The average Bonchev–Trinajstić information content (AvgIpc) is 3.08. The van der Waals surface area contributed by atoms with Gasteiger partial charge in [-0.3, -0.25) is 14.1 Å². The Morgan fingerprint density at radius 1 is 0.520 bits per heavy atom. The molecular formula is C41H71O8P. The lowest BCUT2D eigenvalue weighted by Crippen LogP contribution is -2.29. The first-order valence-corrected chi connectivity index (χ1v) is 21.1. The quantitative estimate of drug-likeness (QED) is 0.0287. The molecule has 1 atom stereocenters. The van der Waals surface area contributed by atoms with Crippen molar-refractivity contribution in [3.8, 4) is 0 Å². The highest BCUT2D eigenvalue weighted by molar-refractivity contribution is 7.46. The Morgan fingerprint density at radius 3 is 1.42 bits per heavy atom. The summed E-state index contributed by atoms with van der Waals surface area (Å²) in [5.74, 6) is -0.953. The van der Waals surface area contributed by atoms with Crippen molar-refractivity contribution in [3.63, 3.8) is 0 Å². The number of esters is 2. The van der Waals surface area contributed by atoms with Gasteiger partial charge in [0.1, 0.15) is 6.61 Å². The van der Waals surface area contributed by atoms with Crippen molar-refractivity contribution in [2.75, 3.05) is 13.2 Å². The number of rotatable bonds is 35. The van der Waals surface area contributed by atoms with E-state index in [9.17, 15) is 14.2 Å².